The molecule has 1 aromatic heterocycles. The maximum atomic E-state index is 13.0. The molecule has 2 aromatic rings. The quantitative estimate of drug-likeness (QED) is 0.916. The SMILES string of the molecule is COc1ccc([C@H]2c3cccn3CCN2C(=O)NC(C)(C)C)cc1OC. The highest BCUT2D eigenvalue weighted by Crippen LogP contribution is 2.37. The fraction of sp³-hybridized carbons (Fsp3) is 0.450. The minimum atomic E-state index is -0.293. The van der Waals surface area contributed by atoms with Gasteiger partial charge in [0.25, 0.3) is 0 Å². The first-order chi connectivity index (χ1) is 12.3. The number of urea groups is 1. The molecular weight excluding hydrogens is 330 g/mol. The van der Waals surface area contributed by atoms with E-state index in [1.54, 1.807) is 14.2 Å². The van der Waals surface area contributed by atoms with E-state index in [2.05, 4.69) is 22.1 Å². The standard InChI is InChI=1S/C20H27N3O3/c1-20(2,3)21-19(24)23-12-11-22-10-6-7-15(22)18(23)14-8-9-16(25-4)17(13-14)26-5/h6-10,13,18H,11-12H2,1-5H3,(H,21,24)/t18-/m0/s1. The number of aromatic nitrogens is 1. The largest absolute Gasteiger partial charge is 0.493 e. The molecule has 140 valence electrons. The van der Waals surface area contributed by atoms with Crippen molar-refractivity contribution < 1.29 is 14.3 Å². The van der Waals surface area contributed by atoms with Crippen molar-refractivity contribution in [3.63, 3.8) is 0 Å². The summed E-state index contributed by atoms with van der Waals surface area (Å²) < 4.78 is 13.0. The Morgan fingerprint density at radius 3 is 2.50 bits per heavy atom. The van der Waals surface area contributed by atoms with Gasteiger partial charge in [0.05, 0.1) is 20.3 Å². The van der Waals surface area contributed by atoms with Crippen LogP contribution >= 0.6 is 0 Å². The first kappa shape index (κ1) is 18.2. The second-order valence-corrected chi connectivity index (χ2v) is 7.52. The average molecular weight is 357 g/mol. The van der Waals surface area contributed by atoms with E-state index in [0.717, 1.165) is 17.8 Å². The van der Waals surface area contributed by atoms with Crippen LogP contribution in [0, 0.1) is 0 Å². The van der Waals surface area contributed by atoms with E-state index in [4.69, 9.17) is 9.47 Å². The van der Waals surface area contributed by atoms with Crippen LogP contribution in [-0.4, -0.2) is 41.8 Å². The number of fused-ring (bicyclic) bond motifs is 1. The number of hydrogen-bond donors (Lipinski definition) is 1. The maximum absolute atomic E-state index is 13.0. The molecule has 1 aromatic carbocycles. The zero-order valence-corrected chi connectivity index (χ0v) is 16.1. The highest BCUT2D eigenvalue weighted by atomic mass is 16.5. The van der Waals surface area contributed by atoms with Crippen LogP contribution in [0.15, 0.2) is 36.5 Å². The number of nitrogens with zero attached hydrogens (tertiary/aromatic N) is 2. The molecule has 0 fully saturated rings. The zero-order chi connectivity index (χ0) is 18.9. The molecule has 0 unspecified atom stereocenters. The summed E-state index contributed by atoms with van der Waals surface area (Å²) in [6, 6.07) is 9.67. The van der Waals surface area contributed by atoms with Crippen LogP contribution in [0.2, 0.25) is 0 Å². The number of nitrogens with one attached hydrogen (secondary N) is 1. The number of carbonyl (C=O) groups excluding carboxylic acids is 1. The van der Waals surface area contributed by atoms with Crippen molar-refractivity contribution in [2.24, 2.45) is 0 Å². The molecule has 26 heavy (non-hydrogen) atoms. The van der Waals surface area contributed by atoms with Crippen molar-refractivity contribution in [3.8, 4) is 11.5 Å². The number of rotatable bonds is 3. The fourth-order valence-electron chi connectivity index (χ4n) is 3.37. The van der Waals surface area contributed by atoms with Crippen molar-refractivity contribution in [1.82, 2.24) is 14.8 Å². The lowest BCUT2D eigenvalue weighted by Crippen LogP contribution is -2.52. The number of benzene rings is 1. The van der Waals surface area contributed by atoms with Gasteiger partial charge in [-0.25, -0.2) is 4.79 Å². The van der Waals surface area contributed by atoms with E-state index in [1.807, 2.05) is 49.9 Å². The van der Waals surface area contributed by atoms with Gasteiger partial charge in [-0.2, -0.15) is 0 Å². The van der Waals surface area contributed by atoms with E-state index in [1.165, 1.54) is 0 Å². The normalized spacial score (nSPS) is 16.8. The summed E-state index contributed by atoms with van der Waals surface area (Å²) in [5.74, 6) is 1.33. The molecule has 1 atom stereocenters. The van der Waals surface area contributed by atoms with Crippen LogP contribution < -0.4 is 14.8 Å². The molecular formula is C20H27N3O3. The van der Waals surface area contributed by atoms with Gasteiger partial charge in [0.1, 0.15) is 0 Å². The van der Waals surface area contributed by atoms with E-state index in [-0.39, 0.29) is 17.6 Å². The van der Waals surface area contributed by atoms with Gasteiger partial charge in [-0.15, -0.1) is 0 Å². The number of amides is 2. The Balaban J connectivity index is 2.03. The van der Waals surface area contributed by atoms with Gasteiger partial charge in [-0.1, -0.05) is 6.07 Å². The van der Waals surface area contributed by atoms with Crippen LogP contribution in [0.5, 0.6) is 11.5 Å². The summed E-state index contributed by atoms with van der Waals surface area (Å²) in [7, 11) is 3.24. The van der Waals surface area contributed by atoms with Crippen LogP contribution in [0.4, 0.5) is 4.79 Å². The molecule has 0 bridgehead atoms. The van der Waals surface area contributed by atoms with Crippen molar-refractivity contribution >= 4 is 6.03 Å². The highest BCUT2D eigenvalue weighted by Gasteiger charge is 2.33. The van der Waals surface area contributed by atoms with Crippen molar-refractivity contribution in [2.75, 3.05) is 20.8 Å². The lowest BCUT2D eigenvalue weighted by molar-refractivity contribution is 0.160. The van der Waals surface area contributed by atoms with Crippen LogP contribution in [0.3, 0.4) is 0 Å². The topological polar surface area (TPSA) is 55.7 Å². The summed E-state index contributed by atoms with van der Waals surface area (Å²) in [5, 5.41) is 3.08. The molecule has 2 heterocycles. The molecule has 0 saturated carbocycles. The summed E-state index contributed by atoms with van der Waals surface area (Å²) >= 11 is 0. The Morgan fingerprint density at radius 1 is 1.12 bits per heavy atom. The van der Waals surface area contributed by atoms with Gasteiger partial charge in [-0.05, 0) is 50.6 Å². The average Bonchev–Trinajstić information content (AvgIpc) is 3.07. The van der Waals surface area contributed by atoms with Gasteiger partial charge >= 0.3 is 6.03 Å². The molecule has 2 amide bonds. The molecule has 0 spiro atoms. The minimum Gasteiger partial charge on any atom is -0.493 e. The molecule has 0 radical (unpaired) electrons. The smallest absolute Gasteiger partial charge is 0.318 e. The van der Waals surface area contributed by atoms with Crippen LogP contribution in [0.1, 0.15) is 38.1 Å². The first-order valence-electron chi connectivity index (χ1n) is 8.80. The third-order valence-electron chi connectivity index (χ3n) is 4.50. The van der Waals surface area contributed by atoms with E-state index in [0.29, 0.717) is 18.0 Å². The van der Waals surface area contributed by atoms with Gasteiger partial charge < -0.3 is 24.3 Å². The highest BCUT2D eigenvalue weighted by molar-refractivity contribution is 5.76. The maximum Gasteiger partial charge on any atom is 0.318 e. The Labute approximate surface area is 154 Å². The molecule has 6 heteroatoms. The molecule has 1 N–H and O–H groups in total. The van der Waals surface area contributed by atoms with Crippen molar-refractivity contribution in [2.45, 2.75) is 38.9 Å². The van der Waals surface area contributed by atoms with Gasteiger partial charge in [0.2, 0.25) is 0 Å². The van der Waals surface area contributed by atoms with Gasteiger partial charge in [-0.3, -0.25) is 0 Å². The van der Waals surface area contributed by atoms with E-state index in [9.17, 15) is 4.79 Å². The minimum absolute atomic E-state index is 0.0651. The molecule has 6 nitrogen and oxygen atoms in total. The Morgan fingerprint density at radius 2 is 1.85 bits per heavy atom. The summed E-state index contributed by atoms with van der Waals surface area (Å²) in [6.45, 7) is 7.39. The monoisotopic (exact) mass is 357 g/mol. The second-order valence-electron chi connectivity index (χ2n) is 7.52. The molecule has 1 aliphatic heterocycles. The summed E-state index contributed by atoms with van der Waals surface area (Å²) in [4.78, 5) is 14.8. The second kappa shape index (κ2) is 6.94. The van der Waals surface area contributed by atoms with E-state index >= 15 is 0 Å². The van der Waals surface area contributed by atoms with E-state index < -0.39 is 0 Å². The molecule has 3 rings (SSSR count). The number of ether oxygens (including phenoxy) is 2. The first-order valence-corrected chi connectivity index (χ1v) is 8.80. The Kier molecular flexibility index (Phi) is 4.85. The lowest BCUT2D eigenvalue weighted by atomic mass is 9.99. The molecule has 0 aliphatic carbocycles. The third kappa shape index (κ3) is 3.49. The summed E-state index contributed by atoms with van der Waals surface area (Å²) in [5.41, 5.74) is 1.79. The lowest BCUT2D eigenvalue weighted by Gasteiger charge is -2.39. The van der Waals surface area contributed by atoms with Crippen molar-refractivity contribution in [3.05, 3.63) is 47.8 Å². The van der Waals surface area contributed by atoms with Gasteiger partial charge in [0, 0.05) is 30.5 Å². The number of hydrogen-bond acceptors (Lipinski definition) is 3. The van der Waals surface area contributed by atoms with Crippen molar-refractivity contribution in [1.29, 1.82) is 0 Å². The Bertz CT molecular complexity index is 792. The van der Waals surface area contributed by atoms with Crippen LogP contribution in [0.25, 0.3) is 0 Å². The predicted molar refractivity (Wildman–Crippen MR) is 101 cm³/mol. The summed E-state index contributed by atoms with van der Waals surface area (Å²) in [6.07, 6.45) is 2.06. The van der Waals surface area contributed by atoms with Gasteiger partial charge in [0.15, 0.2) is 11.5 Å². The number of methoxy groups -OCH3 is 2. The predicted octanol–water partition coefficient (Wildman–Crippen LogP) is 3.42. The molecule has 1 aliphatic rings. The fourth-order valence-corrected chi connectivity index (χ4v) is 3.37. The molecule has 0 saturated heterocycles. The number of carbonyl (C=O) groups is 1. The Hall–Kier alpha value is -2.63. The van der Waals surface area contributed by atoms with Crippen LogP contribution in [-0.2, 0) is 6.54 Å². The third-order valence-corrected chi connectivity index (χ3v) is 4.50. The zero-order valence-electron chi connectivity index (χ0n) is 16.1.